The summed E-state index contributed by atoms with van der Waals surface area (Å²) in [5.41, 5.74) is 3.23. The van der Waals surface area contributed by atoms with Crippen LogP contribution < -0.4 is 0 Å². The molecule has 1 heterocycles. The highest BCUT2D eigenvalue weighted by Gasteiger charge is 2.31. The van der Waals surface area contributed by atoms with Crippen LogP contribution in [-0.2, 0) is 4.74 Å². The minimum absolute atomic E-state index is 0.277. The molecule has 0 spiro atoms. The molecular formula is C14H17NO2. The predicted molar refractivity (Wildman–Crippen MR) is 66.9 cm³/mol. The molecule has 17 heavy (non-hydrogen) atoms. The van der Waals surface area contributed by atoms with Crippen molar-refractivity contribution in [3.63, 3.8) is 0 Å². The standard InChI is InChI=1S/C14H17NO2/c1-4-17-14(16)12-11(9(2)3)7-8-15-13(12)10-5-6-10/h7-8,10H,2,4-6H2,1,3H3. The van der Waals surface area contributed by atoms with Crippen LogP contribution >= 0.6 is 0 Å². The van der Waals surface area contributed by atoms with Gasteiger partial charge >= 0.3 is 5.97 Å². The van der Waals surface area contributed by atoms with Gasteiger partial charge in [-0.25, -0.2) is 4.79 Å². The number of ether oxygens (including phenoxy) is 1. The average molecular weight is 231 g/mol. The second-order valence-electron chi connectivity index (χ2n) is 4.39. The molecule has 0 saturated heterocycles. The van der Waals surface area contributed by atoms with E-state index in [1.54, 1.807) is 6.20 Å². The Hall–Kier alpha value is -1.64. The normalized spacial score (nSPS) is 14.5. The first kappa shape index (κ1) is 11.8. The van der Waals surface area contributed by atoms with Crippen molar-refractivity contribution in [1.29, 1.82) is 0 Å². The van der Waals surface area contributed by atoms with Crippen molar-refractivity contribution in [2.45, 2.75) is 32.6 Å². The number of carbonyl (C=O) groups is 1. The maximum atomic E-state index is 12.0. The molecule has 0 atom stereocenters. The zero-order valence-corrected chi connectivity index (χ0v) is 10.3. The van der Waals surface area contributed by atoms with Gasteiger partial charge in [-0.1, -0.05) is 12.2 Å². The third kappa shape index (κ3) is 2.38. The number of hydrogen-bond acceptors (Lipinski definition) is 3. The van der Waals surface area contributed by atoms with E-state index >= 15 is 0 Å². The van der Waals surface area contributed by atoms with Gasteiger partial charge in [0.15, 0.2) is 0 Å². The van der Waals surface area contributed by atoms with Crippen LogP contribution in [0.4, 0.5) is 0 Å². The minimum atomic E-state index is -0.277. The minimum Gasteiger partial charge on any atom is -0.462 e. The average Bonchev–Trinajstić information content (AvgIpc) is 3.12. The number of pyridine rings is 1. The van der Waals surface area contributed by atoms with E-state index in [1.165, 1.54) is 0 Å². The van der Waals surface area contributed by atoms with Crippen molar-refractivity contribution >= 4 is 11.5 Å². The molecular weight excluding hydrogens is 214 g/mol. The van der Waals surface area contributed by atoms with Gasteiger partial charge in [0.2, 0.25) is 0 Å². The first-order valence-electron chi connectivity index (χ1n) is 5.97. The lowest BCUT2D eigenvalue weighted by Gasteiger charge is -2.12. The molecule has 3 nitrogen and oxygen atoms in total. The molecule has 0 radical (unpaired) electrons. The first-order chi connectivity index (χ1) is 8.15. The van der Waals surface area contributed by atoms with E-state index in [9.17, 15) is 4.79 Å². The van der Waals surface area contributed by atoms with Crippen LogP contribution in [0, 0.1) is 0 Å². The van der Waals surface area contributed by atoms with Crippen LogP contribution in [-0.4, -0.2) is 17.6 Å². The molecule has 1 saturated carbocycles. The largest absolute Gasteiger partial charge is 0.462 e. The summed E-state index contributed by atoms with van der Waals surface area (Å²) in [6, 6.07) is 1.83. The van der Waals surface area contributed by atoms with Crippen LogP contribution in [0.2, 0.25) is 0 Å². The van der Waals surface area contributed by atoms with Gasteiger partial charge in [0.25, 0.3) is 0 Å². The lowest BCUT2D eigenvalue weighted by Crippen LogP contribution is -2.12. The van der Waals surface area contributed by atoms with E-state index in [0.29, 0.717) is 18.1 Å². The van der Waals surface area contributed by atoms with Crippen molar-refractivity contribution in [2.24, 2.45) is 0 Å². The van der Waals surface area contributed by atoms with Crippen molar-refractivity contribution in [3.8, 4) is 0 Å². The van der Waals surface area contributed by atoms with Gasteiger partial charge in [-0.05, 0) is 38.3 Å². The monoisotopic (exact) mass is 231 g/mol. The zero-order chi connectivity index (χ0) is 12.4. The molecule has 0 N–H and O–H groups in total. The molecule has 0 unspecified atom stereocenters. The first-order valence-corrected chi connectivity index (χ1v) is 5.97. The van der Waals surface area contributed by atoms with Crippen molar-refractivity contribution in [1.82, 2.24) is 4.98 Å². The van der Waals surface area contributed by atoms with Gasteiger partial charge in [-0.2, -0.15) is 0 Å². The smallest absolute Gasteiger partial charge is 0.340 e. The number of hydrogen-bond donors (Lipinski definition) is 0. The highest BCUT2D eigenvalue weighted by atomic mass is 16.5. The summed E-state index contributed by atoms with van der Waals surface area (Å²) in [5, 5.41) is 0. The quantitative estimate of drug-likeness (QED) is 0.747. The molecule has 90 valence electrons. The summed E-state index contributed by atoms with van der Waals surface area (Å²) < 4.78 is 5.12. The number of esters is 1. The Morgan fingerprint density at radius 3 is 2.82 bits per heavy atom. The molecule has 1 aromatic heterocycles. The lowest BCUT2D eigenvalue weighted by molar-refractivity contribution is 0.0524. The number of allylic oxidation sites excluding steroid dienone is 1. The lowest BCUT2D eigenvalue weighted by atomic mass is 9.99. The van der Waals surface area contributed by atoms with E-state index in [1.807, 2.05) is 19.9 Å². The highest BCUT2D eigenvalue weighted by molar-refractivity contribution is 5.96. The van der Waals surface area contributed by atoms with Crippen molar-refractivity contribution < 1.29 is 9.53 Å². The summed E-state index contributed by atoms with van der Waals surface area (Å²) in [4.78, 5) is 16.4. The Kier molecular flexibility index (Phi) is 3.27. The summed E-state index contributed by atoms with van der Waals surface area (Å²) >= 11 is 0. The Morgan fingerprint density at radius 1 is 1.59 bits per heavy atom. The topological polar surface area (TPSA) is 39.2 Å². The number of rotatable bonds is 4. The second-order valence-corrected chi connectivity index (χ2v) is 4.39. The Bertz CT molecular complexity index is 461. The van der Waals surface area contributed by atoms with Gasteiger partial charge in [0.05, 0.1) is 17.9 Å². The van der Waals surface area contributed by atoms with Crippen LogP contribution in [0.3, 0.4) is 0 Å². The molecule has 0 amide bonds. The summed E-state index contributed by atoms with van der Waals surface area (Å²) in [5.74, 6) is 0.147. The SMILES string of the molecule is C=C(C)c1ccnc(C2CC2)c1C(=O)OCC. The van der Waals surface area contributed by atoms with E-state index in [0.717, 1.165) is 29.7 Å². The van der Waals surface area contributed by atoms with Crippen LogP contribution in [0.25, 0.3) is 5.57 Å². The van der Waals surface area contributed by atoms with E-state index in [2.05, 4.69) is 11.6 Å². The molecule has 1 fully saturated rings. The Labute approximate surface area is 102 Å². The number of carbonyl (C=O) groups excluding carboxylic acids is 1. The summed E-state index contributed by atoms with van der Waals surface area (Å²) in [6.45, 7) is 8.00. The summed E-state index contributed by atoms with van der Waals surface area (Å²) in [7, 11) is 0. The number of nitrogens with zero attached hydrogens (tertiary/aromatic N) is 1. The fourth-order valence-corrected chi connectivity index (χ4v) is 1.92. The van der Waals surface area contributed by atoms with E-state index in [-0.39, 0.29) is 5.97 Å². The molecule has 1 aliphatic carbocycles. The van der Waals surface area contributed by atoms with Crippen LogP contribution in [0.1, 0.15) is 54.2 Å². The fourth-order valence-electron chi connectivity index (χ4n) is 1.92. The Balaban J connectivity index is 2.49. The van der Waals surface area contributed by atoms with Crippen LogP contribution in [0.5, 0.6) is 0 Å². The van der Waals surface area contributed by atoms with Crippen LogP contribution in [0.15, 0.2) is 18.8 Å². The molecule has 0 aliphatic heterocycles. The predicted octanol–water partition coefficient (Wildman–Crippen LogP) is 3.17. The number of aromatic nitrogens is 1. The Morgan fingerprint density at radius 2 is 2.29 bits per heavy atom. The van der Waals surface area contributed by atoms with E-state index < -0.39 is 0 Å². The molecule has 0 bridgehead atoms. The fraction of sp³-hybridized carbons (Fsp3) is 0.429. The zero-order valence-electron chi connectivity index (χ0n) is 10.3. The molecule has 3 heteroatoms. The molecule has 2 rings (SSSR count). The molecule has 1 aromatic rings. The summed E-state index contributed by atoms with van der Waals surface area (Å²) in [6.07, 6.45) is 3.97. The third-order valence-electron chi connectivity index (χ3n) is 2.88. The molecule has 0 aromatic carbocycles. The van der Waals surface area contributed by atoms with Gasteiger partial charge in [0, 0.05) is 12.1 Å². The van der Waals surface area contributed by atoms with Gasteiger partial charge in [0.1, 0.15) is 0 Å². The second kappa shape index (κ2) is 4.70. The van der Waals surface area contributed by atoms with Gasteiger partial charge in [-0.3, -0.25) is 4.98 Å². The third-order valence-corrected chi connectivity index (χ3v) is 2.88. The van der Waals surface area contributed by atoms with Crippen molar-refractivity contribution in [2.75, 3.05) is 6.61 Å². The maximum absolute atomic E-state index is 12.0. The van der Waals surface area contributed by atoms with Gasteiger partial charge < -0.3 is 4.74 Å². The van der Waals surface area contributed by atoms with Crippen molar-refractivity contribution in [3.05, 3.63) is 35.7 Å². The van der Waals surface area contributed by atoms with E-state index in [4.69, 9.17) is 4.74 Å². The van der Waals surface area contributed by atoms with Gasteiger partial charge in [-0.15, -0.1) is 0 Å². The molecule has 1 aliphatic rings. The highest BCUT2D eigenvalue weighted by Crippen LogP contribution is 2.41. The maximum Gasteiger partial charge on any atom is 0.340 e.